The third-order valence-corrected chi connectivity index (χ3v) is 5.86. The predicted molar refractivity (Wildman–Crippen MR) is 123 cm³/mol. The minimum absolute atomic E-state index is 0.0415. The van der Waals surface area contributed by atoms with Crippen molar-refractivity contribution in [1.29, 1.82) is 0 Å². The minimum atomic E-state index is -0.879. The summed E-state index contributed by atoms with van der Waals surface area (Å²) >= 11 is 0. The van der Waals surface area contributed by atoms with Gasteiger partial charge in [-0.15, -0.1) is 5.92 Å². The molecule has 1 N–H and O–H groups in total. The van der Waals surface area contributed by atoms with Crippen LogP contribution in [0, 0.1) is 24.6 Å². The van der Waals surface area contributed by atoms with Gasteiger partial charge in [-0.2, -0.15) is 0 Å². The molecule has 3 aromatic rings. The SMILES string of the molecule is CC#C[C@@H](CC(=O)O)c1ccc2c(c1)CCC(c1cc(-c3ccc(C)cc3)ccc1F)O2. The first kappa shape index (κ1) is 21.6. The van der Waals surface area contributed by atoms with Gasteiger partial charge in [0.2, 0.25) is 0 Å². The van der Waals surface area contributed by atoms with Gasteiger partial charge in [0.15, 0.2) is 0 Å². The van der Waals surface area contributed by atoms with Gasteiger partial charge in [-0.3, -0.25) is 4.79 Å². The normalized spacial score (nSPS) is 15.7. The molecule has 1 aliphatic rings. The van der Waals surface area contributed by atoms with Gasteiger partial charge in [-0.05, 0) is 67.1 Å². The quantitative estimate of drug-likeness (QED) is 0.475. The Bertz CT molecular complexity index is 1200. The third kappa shape index (κ3) is 4.68. The fourth-order valence-corrected chi connectivity index (χ4v) is 4.16. The van der Waals surface area contributed by atoms with Gasteiger partial charge in [0.25, 0.3) is 0 Å². The first-order valence-corrected chi connectivity index (χ1v) is 10.7. The van der Waals surface area contributed by atoms with E-state index >= 15 is 0 Å². The van der Waals surface area contributed by atoms with Gasteiger partial charge >= 0.3 is 5.97 Å². The van der Waals surface area contributed by atoms with Crippen molar-refractivity contribution in [1.82, 2.24) is 0 Å². The van der Waals surface area contributed by atoms with Crippen LogP contribution in [0.15, 0.2) is 60.7 Å². The lowest BCUT2D eigenvalue weighted by atomic mass is 9.90. The average Bonchev–Trinajstić information content (AvgIpc) is 2.79. The Hall–Kier alpha value is -3.58. The molecule has 3 nitrogen and oxygen atoms in total. The second-order valence-corrected chi connectivity index (χ2v) is 8.16. The molecule has 0 aliphatic carbocycles. The van der Waals surface area contributed by atoms with Gasteiger partial charge in [0, 0.05) is 5.56 Å². The van der Waals surface area contributed by atoms with E-state index in [4.69, 9.17) is 4.74 Å². The Labute approximate surface area is 187 Å². The Morgan fingerprint density at radius 1 is 1.12 bits per heavy atom. The molecule has 0 radical (unpaired) electrons. The van der Waals surface area contributed by atoms with E-state index in [9.17, 15) is 14.3 Å². The van der Waals surface area contributed by atoms with Crippen molar-refractivity contribution in [3.8, 4) is 28.7 Å². The predicted octanol–water partition coefficient (Wildman–Crippen LogP) is 6.45. The zero-order chi connectivity index (χ0) is 22.7. The van der Waals surface area contributed by atoms with Crippen molar-refractivity contribution in [3.63, 3.8) is 0 Å². The van der Waals surface area contributed by atoms with Crippen molar-refractivity contribution in [2.45, 2.75) is 45.1 Å². The summed E-state index contributed by atoms with van der Waals surface area (Å²) in [5, 5.41) is 9.19. The largest absolute Gasteiger partial charge is 0.485 e. The molecule has 1 heterocycles. The van der Waals surface area contributed by atoms with Crippen LogP contribution in [0.25, 0.3) is 11.1 Å². The molecule has 0 saturated heterocycles. The van der Waals surface area contributed by atoms with Crippen molar-refractivity contribution in [3.05, 3.63) is 88.7 Å². The molecule has 1 unspecified atom stereocenters. The number of carbonyl (C=O) groups is 1. The van der Waals surface area contributed by atoms with Crippen molar-refractivity contribution >= 4 is 5.97 Å². The second kappa shape index (κ2) is 9.28. The smallest absolute Gasteiger partial charge is 0.304 e. The maximum Gasteiger partial charge on any atom is 0.304 e. The van der Waals surface area contributed by atoms with Crippen LogP contribution in [0.3, 0.4) is 0 Å². The van der Waals surface area contributed by atoms with Crippen molar-refractivity contribution in [2.24, 2.45) is 0 Å². The van der Waals surface area contributed by atoms with Crippen LogP contribution in [0.1, 0.15) is 54.0 Å². The lowest BCUT2D eigenvalue weighted by molar-refractivity contribution is -0.137. The molecule has 0 fully saturated rings. The molecule has 4 rings (SSSR count). The molecule has 3 aromatic carbocycles. The summed E-state index contributed by atoms with van der Waals surface area (Å²) in [6.07, 6.45) is 0.957. The first-order chi connectivity index (χ1) is 15.4. The van der Waals surface area contributed by atoms with E-state index in [-0.39, 0.29) is 24.3 Å². The summed E-state index contributed by atoms with van der Waals surface area (Å²) in [5.41, 5.74) is 5.61. The highest BCUT2D eigenvalue weighted by molar-refractivity contribution is 5.69. The van der Waals surface area contributed by atoms with Crippen molar-refractivity contribution < 1.29 is 19.0 Å². The van der Waals surface area contributed by atoms with Crippen LogP contribution in [-0.4, -0.2) is 11.1 Å². The lowest BCUT2D eigenvalue weighted by Crippen LogP contribution is -2.17. The summed E-state index contributed by atoms with van der Waals surface area (Å²) in [6, 6.07) is 19.0. The van der Waals surface area contributed by atoms with E-state index in [0.29, 0.717) is 17.7 Å². The number of carboxylic acid groups (broad SMARTS) is 1. The molecule has 0 aromatic heterocycles. The van der Waals surface area contributed by atoms with Crippen LogP contribution in [-0.2, 0) is 11.2 Å². The Kier molecular flexibility index (Phi) is 6.28. The standard InChI is InChI=1S/C28H25FO3/c1-3-4-20(17-28(30)31)21-10-13-26-23(15-21)11-14-27(32-26)24-16-22(9-12-25(24)29)19-7-5-18(2)6-8-19/h5-10,12-13,15-16,20,27H,11,14,17H2,1-2H3,(H,30,31)/t20-,27?/m0/s1. The van der Waals surface area contributed by atoms with E-state index in [1.165, 1.54) is 11.6 Å². The van der Waals surface area contributed by atoms with E-state index < -0.39 is 5.97 Å². The van der Waals surface area contributed by atoms with Gasteiger partial charge in [-0.25, -0.2) is 4.39 Å². The highest BCUT2D eigenvalue weighted by Gasteiger charge is 2.25. The number of benzene rings is 3. The molecule has 32 heavy (non-hydrogen) atoms. The van der Waals surface area contributed by atoms with Crippen molar-refractivity contribution in [2.75, 3.05) is 0 Å². The average molecular weight is 429 g/mol. The summed E-state index contributed by atoms with van der Waals surface area (Å²) in [5.74, 6) is 5.01. The highest BCUT2D eigenvalue weighted by atomic mass is 19.1. The molecule has 4 heteroatoms. The van der Waals surface area contributed by atoms with Crippen LogP contribution < -0.4 is 4.74 Å². The fourth-order valence-electron chi connectivity index (χ4n) is 4.16. The number of halogens is 1. The molecular weight excluding hydrogens is 403 g/mol. The van der Waals surface area contributed by atoms with E-state index in [1.807, 2.05) is 55.5 Å². The topological polar surface area (TPSA) is 46.5 Å². The summed E-state index contributed by atoms with van der Waals surface area (Å²) in [6.45, 7) is 3.75. The summed E-state index contributed by atoms with van der Waals surface area (Å²) < 4.78 is 20.9. The number of rotatable bonds is 5. The molecule has 0 spiro atoms. The van der Waals surface area contributed by atoms with Gasteiger partial charge < -0.3 is 9.84 Å². The molecule has 2 atom stereocenters. The lowest BCUT2D eigenvalue weighted by Gasteiger charge is -2.28. The van der Waals surface area contributed by atoms with E-state index in [2.05, 4.69) is 11.8 Å². The van der Waals surface area contributed by atoms with Gasteiger partial charge in [0.05, 0.1) is 12.3 Å². The third-order valence-electron chi connectivity index (χ3n) is 5.86. The molecular formula is C28H25FO3. The Balaban J connectivity index is 1.59. The molecule has 0 bridgehead atoms. The summed E-state index contributed by atoms with van der Waals surface area (Å²) in [4.78, 5) is 11.2. The van der Waals surface area contributed by atoms with Crippen LogP contribution >= 0.6 is 0 Å². The number of hydrogen-bond acceptors (Lipinski definition) is 2. The number of carboxylic acids is 1. The first-order valence-electron chi connectivity index (χ1n) is 10.7. The molecule has 0 amide bonds. The molecule has 162 valence electrons. The number of aryl methyl sites for hydroxylation is 2. The number of ether oxygens (including phenoxy) is 1. The second-order valence-electron chi connectivity index (χ2n) is 8.16. The fraction of sp³-hybridized carbons (Fsp3) is 0.250. The molecule has 1 aliphatic heterocycles. The number of fused-ring (bicyclic) bond motifs is 1. The highest BCUT2D eigenvalue weighted by Crippen LogP contribution is 2.38. The summed E-state index contributed by atoms with van der Waals surface area (Å²) in [7, 11) is 0. The van der Waals surface area contributed by atoms with E-state index in [1.54, 1.807) is 13.0 Å². The van der Waals surface area contributed by atoms with Crippen LogP contribution in [0.5, 0.6) is 5.75 Å². The van der Waals surface area contributed by atoms with Gasteiger partial charge in [0.1, 0.15) is 17.7 Å². The molecule has 0 saturated carbocycles. The zero-order valence-electron chi connectivity index (χ0n) is 18.2. The van der Waals surface area contributed by atoms with Crippen LogP contribution in [0.4, 0.5) is 4.39 Å². The maximum atomic E-state index is 14.7. The Morgan fingerprint density at radius 3 is 2.59 bits per heavy atom. The maximum absolute atomic E-state index is 14.7. The minimum Gasteiger partial charge on any atom is -0.485 e. The zero-order valence-corrected chi connectivity index (χ0v) is 18.2. The van der Waals surface area contributed by atoms with E-state index in [0.717, 1.165) is 28.7 Å². The number of aliphatic carboxylic acids is 1. The van der Waals surface area contributed by atoms with Gasteiger partial charge in [-0.1, -0.05) is 53.9 Å². The van der Waals surface area contributed by atoms with Crippen LogP contribution in [0.2, 0.25) is 0 Å². The monoisotopic (exact) mass is 428 g/mol. The number of hydrogen-bond donors (Lipinski definition) is 1. The Morgan fingerprint density at radius 2 is 1.88 bits per heavy atom.